The first kappa shape index (κ1) is 20.5. The fraction of sp³-hybridized carbons (Fsp3) is 0.222. The van der Waals surface area contributed by atoms with Gasteiger partial charge in [0.25, 0.3) is 5.91 Å². The summed E-state index contributed by atoms with van der Waals surface area (Å²) >= 11 is 0. The first-order valence-corrected chi connectivity index (χ1v) is 11.1. The second kappa shape index (κ2) is 8.97. The van der Waals surface area contributed by atoms with Crippen LogP contribution in [0.4, 0.5) is 10.1 Å². The molecule has 1 saturated heterocycles. The van der Waals surface area contributed by atoms with E-state index in [4.69, 9.17) is 4.42 Å². The van der Waals surface area contributed by atoms with Crippen molar-refractivity contribution in [2.45, 2.75) is 25.3 Å². The molecule has 5 rings (SSSR count). The van der Waals surface area contributed by atoms with Gasteiger partial charge >= 0.3 is 0 Å². The second-order valence-electron chi connectivity index (χ2n) is 8.21. The van der Waals surface area contributed by atoms with Crippen LogP contribution in [0.3, 0.4) is 0 Å². The first-order valence-electron chi connectivity index (χ1n) is 11.1. The smallest absolute Gasteiger partial charge is 0.255 e. The molecule has 1 N–H and O–H groups in total. The number of hydrogen-bond acceptors (Lipinski definition) is 3. The number of halogens is 1. The number of hydrogen-bond donors (Lipinski definition) is 1. The van der Waals surface area contributed by atoms with Crippen molar-refractivity contribution in [1.82, 2.24) is 4.90 Å². The third kappa shape index (κ3) is 4.04. The molecule has 0 aliphatic carbocycles. The number of piperidine rings is 1. The van der Waals surface area contributed by atoms with Crippen LogP contribution in [0.1, 0.15) is 47.0 Å². The summed E-state index contributed by atoms with van der Waals surface area (Å²) in [5.41, 5.74) is 2.74. The topological polar surface area (TPSA) is 45.5 Å². The van der Waals surface area contributed by atoms with Crippen molar-refractivity contribution < 1.29 is 13.6 Å². The standard InChI is InChI=1S/C27H25FN2O2/c28-21-13-9-12-20(18-21)25(30-16-7-2-8-17-30)26-24(22-14-5-6-15-23(22)32-26)29-27(31)19-10-3-1-4-11-19/h1,3-6,9-15,18,25H,2,7-8,16-17H2,(H,29,31). The van der Waals surface area contributed by atoms with E-state index in [1.54, 1.807) is 24.3 Å². The largest absolute Gasteiger partial charge is 0.457 e. The van der Waals surface area contributed by atoms with Crippen LogP contribution in [-0.4, -0.2) is 23.9 Å². The molecule has 1 aromatic heterocycles. The summed E-state index contributed by atoms with van der Waals surface area (Å²) in [5.74, 6) is 0.161. The van der Waals surface area contributed by atoms with Gasteiger partial charge in [-0.2, -0.15) is 0 Å². The molecule has 3 aromatic carbocycles. The summed E-state index contributed by atoms with van der Waals surface area (Å²) < 4.78 is 20.6. The molecule has 1 aliphatic rings. The number of fused-ring (bicyclic) bond motifs is 1. The number of anilines is 1. The summed E-state index contributed by atoms with van der Waals surface area (Å²) in [7, 11) is 0. The minimum atomic E-state index is -0.288. The lowest BCUT2D eigenvalue weighted by molar-refractivity contribution is 0.102. The molecule has 0 radical (unpaired) electrons. The Morgan fingerprint density at radius 1 is 0.906 bits per heavy atom. The van der Waals surface area contributed by atoms with E-state index in [1.807, 2.05) is 48.5 Å². The molecule has 0 saturated carbocycles. The minimum absolute atomic E-state index is 0.199. The van der Waals surface area contributed by atoms with Gasteiger partial charge in [-0.25, -0.2) is 4.39 Å². The molecule has 1 aliphatic heterocycles. The lowest BCUT2D eigenvalue weighted by Gasteiger charge is -2.34. The third-order valence-corrected chi connectivity index (χ3v) is 6.07. The van der Waals surface area contributed by atoms with Crippen LogP contribution in [0.2, 0.25) is 0 Å². The highest BCUT2D eigenvalue weighted by Gasteiger charge is 2.31. The molecule has 1 atom stereocenters. The number of amides is 1. The Morgan fingerprint density at radius 3 is 2.44 bits per heavy atom. The zero-order valence-electron chi connectivity index (χ0n) is 17.8. The van der Waals surface area contributed by atoms with Gasteiger partial charge in [0.05, 0.1) is 11.7 Å². The first-order chi connectivity index (χ1) is 15.7. The SMILES string of the molecule is O=C(Nc1c(C(c2cccc(F)c2)N2CCCCC2)oc2ccccc12)c1ccccc1. The quantitative estimate of drug-likeness (QED) is 0.400. The van der Waals surface area contributed by atoms with E-state index in [1.165, 1.54) is 12.5 Å². The van der Waals surface area contributed by atoms with Crippen LogP contribution >= 0.6 is 0 Å². The summed E-state index contributed by atoms with van der Waals surface area (Å²) in [6.07, 6.45) is 3.35. The van der Waals surface area contributed by atoms with Crippen LogP contribution in [-0.2, 0) is 0 Å². The molecule has 4 nitrogen and oxygen atoms in total. The molecule has 32 heavy (non-hydrogen) atoms. The maximum atomic E-state index is 14.2. The maximum absolute atomic E-state index is 14.2. The predicted octanol–water partition coefficient (Wildman–Crippen LogP) is 6.40. The van der Waals surface area contributed by atoms with Crippen molar-refractivity contribution in [3.05, 3.63) is 102 Å². The van der Waals surface area contributed by atoms with Gasteiger partial charge in [-0.05, 0) is 67.9 Å². The van der Waals surface area contributed by atoms with Crippen molar-refractivity contribution in [2.75, 3.05) is 18.4 Å². The van der Waals surface area contributed by atoms with Gasteiger partial charge in [-0.15, -0.1) is 0 Å². The summed E-state index contributed by atoms with van der Waals surface area (Å²) in [4.78, 5) is 15.4. The lowest BCUT2D eigenvalue weighted by atomic mass is 9.98. The van der Waals surface area contributed by atoms with Crippen molar-refractivity contribution in [2.24, 2.45) is 0 Å². The molecule has 5 heteroatoms. The van der Waals surface area contributed by atoms with Gasteiger partial charge < -0.3 is 9.73 Å². The number of rotatable bonds is 5. The number of para-hydroxylation sites is 1. The Balaban J connectivity index is 1.64. The van der Waals surface area contributed by atoms with Gasteiger partial charge in [0.1, 0.15) is 17.2 Å². The highest BCUT2D eigenvalue weighted by molar-refractivity contribution is 6.09. The summed E-state index contributed by atoms with van der Waals surface area (Å²) in [6.45, 7) is 1.79. The Hall–Kier alpha value is -3.44. The van der Waals surface area contributed by atoms with E-state index in [9.17, 15) is 9.18 Å². The van der Waals surface area contributed by atoms with E-state index in [0.717, 1.165) is 36.9 Å². The number of carbonyl (C=O) groups excluding carboxylic acids is 1. The molecule has 0 bridgehead atoms. The van der Waals surface area contributed by atoms with Gasteiger partial charge in [0, 0.05) is 10.9 Å². The Bertz CT molecular complexity index is 1230. The second-order valence-corrected chi connectivity index (χ2v) is 8.21. The normalized spacial score (nSPS) is 15.5. The molecular formula is C27H25FN2O2. The maximum Gasteiger partial charge on any atom is 0.255 e. The molecular weight excluding hydrogens is 403 g/mol. The van der Waals surface area contributed by atoms with Crippen LogP contribution in [0, 0.1) is 5.82 Å². The summed E-state index contributed by atoms with van der Waals surface area (Å²) in [6, 6.07) is 23.2. The minimum Gasteiger partial charge on any atom is -0.457 e. The zero-order chi connectivity index (χ0) is 21.9. The average Bonchev–Trinajstić information content (AvgIpc) is 3.18. The molecule has 162 valence electrons. The van der Waals surface area contributed by atoms with E-state index < -0.39 is 0 Å². The number of carbonyl (C=O) groups is 1. The lowest BCUT2D eigenvalue weighted by Crippen LogP contribution is -2.34. The number of nitrogens with one attached hydrogen (secondary N) is 1. The fourth-order valence-electron chi connectivity index (χ4n) is 4.54. The van der Waals surface area contributed by atoms with E-state index in [0.29, 0.717) is 22.6 Å². The van der Waals surface area contributed by atoms with Gasteiger partial charge in [0.2, 0.25) is 0 Å². The van der Waals surface area contributed by atoms with Crippen LogP contribution in [0.15, 0.2) is 83.3 Å². The molecule has 4 aromatic rings. The van der Waals surface area contributed by atoms with Gasteiger partial charge in [0.15, 0.2) is 0 Å². The van der Waals surface area contributed by atoms with Crippen LogP contribution in [0.5, 0.6) is 0 Å². The monoisotopic (exact) mass is 428 g/mol. The Kier molecular flexibility index (Phi) is 5.73. The highest BCUT2D eigenvalue weighted by Crippen LogP contribution is 2.41. The van der Waals surface area contributed by atoms with Gasteiger partial charge in [-0.1, -0.05) is 48.9 Å². The number of nitrogens with zero attached hydrogens (tertiary/aromatic N) is 1. The highest BCUT2D eigenvalue weighted by atomic mass is 19.1. The number of likely N-dealkylation sites (tertiary alicyclic amines) is 1. The average molecular weight is 429 g/mol. The van der Waals surface area contributed by atoms with E-state index >= 15 is 0 Å². The summed E-state index contributed by atoms with van der Waals surface area (Å²) in [5, 5.41) is 3.94. The van der Waals surface area contributed by atoms with E-state index in [2.05, 4.69) is 10.2 Å². The van der Waals surface area contributed by atoms with Crippen LogP contribution in [0.25, 0.3) is 11.0 Å². The van der Waals surface area contributed by atoms with Crippen LogP contribution < -0.4 is 5.32 Å². The third-order valence-electron chi connectivity index (χ3n) is 6.07. The van der Waals surface area contributed by atoms with Crippen molar-refractivity contribution in [3.8, 4) is 0 Å². The Morgan fingerprint density at radius 2 is 1.66 bits per heavy atom. The molecule has 1 amide bonds. The predicted molar refractivity (Wildman–Crippen MR) is 124 cm³/mol. The van der Waals surface area contributed by atoms with Crippen molar-refractivity contribution in [1.29, 1.82) is 0 Å². The van der Waals surface area contributed by atoms with Crippen molar-refractivity contribution >= 4 is 22.6 Å². The number of furan rings is 1. The van der Waals surface area contributed by atoms with Crippen molar-refractivity contribution in [3.63, 3.8) is 0 Å². The Labute approximate surface area is 186 Å². The zero-order valence-corrected chi connectivity index (χ0v) is 17.8. The number of benzene rings is 3. The van der Waals surface area contributed by atoms with Gasteiger partial charge in [-0.3, -0.25) is 9.69 Å². The molecule has 1 unspecified atom stereocenters. The molecule has 0 spiro atoms. The van der Waals surface area contributed by atoms with E-state index in [-0.39, 0.29) is 17.8 Å². The molecule has 1 fully saturated rings. The molecule has 2 heterocycles. The fourth-order valence-corrected chi connectivity index (χ4v) is 4.54.